The van der Waals surface area contributed by atoms with Crippen molar-refractivity contribution in [1.29, 1.82) is 5.41 Å². The lowest BCUT2D eigenvalue weighted by Crippen LogP contribution is -2.02. The maximum absolute atomic E-state index is 8.13. The summed E-state index contributed by atoms with van der Waals surface area (Å²) in [6.07, 6.45) is 8.72. The molecular weight excluding hydrogens is 472 g/mol. The van der Waals surface area contributed by atoms with Gasteiger partial charge >= 0.3 is 0 Å². The number of nitrogens with one attached hydrogen (secondary N) is 1. The molecule has 2 aliphatic rings. The minimum atomic E-state index is 0.287. The first kappa shape index (κ1) is 31.6. The molecule has 2 heteroatoms. The first-order valence-electron chi connectivity index (χ1n) is 14.5. The lowest BCUT2D eigenvalue weighted by atomic mass is 9.96. The summed E-state index contributed by atoms with van der Waals surface area (Å²) in [6, 6.07) is 29.0. The smallest absolute Gasteiger partial charge is 0.0808 e. The van der Waals surface area contributed by atoms with E-state index in [2.05, 4.69) is 80.3 Å². The Morgan fingerprint density at radius 2 is 1.38 bits per heavy atom. The lowest BCUT2D eigenvalue weighted by Gasteiger charge is -2.06. The Kier molecular flexibility index (Phi) is 12.7. The summed E-state index contributed by atoms with van der Waals surface area (Å²) in [4.78, 5) is 2.50. The van der Waals surface area contributed by atoms with Gasteiger partial charge in [-0.3, -0.25) is 0 Å². The minimum absolute atomic E-state index is 0.287. The van der Waals surface area contributed by atoms with Crippen molar-refractivity contribution in [2.45, 2.75) is 73.8 Å². The van der Waals surface area contributed by atoms with Crippen LogP contribution in [0, 0.1) is 5.41 Å². The average Bonchev–Trinajstić information content (AvgIpc) is 3.63. The molecule has 1 saturated heterocycles. The highest BCUT2D eigenvalue weighted by molar-refractivity contribution is 6.10. The van der Waals surface area contributed by atoms with Gasteiger partial charge in [0.05, 0.1) is 11.3 Å². The second-order valence-electron chi connectivity index (χ2n) is 9.61. The molecule has 0 unspecified atom stereocenters. The van der Waals surface area contributed by atoms with E-state index in [0.717, 1.165) is 24.0 Å². The molecule has 0 aromatic heterocycles. The summed E-state index contributed by atoms with van der Waals surface area (Å²) in [7, 11) is 0. The maximum atomic E-state index is 8.13. The van der Waals surface area contributed by atoms with Crippen LogP contribution in [-0.4, -0.2) is 17.2 Å². The van der Waals surface area contributed by atoms with Crippen molar-refractivity contribution < 1.29 is 0 Å². The molecule has 2 nitrogen and oxygen atoms in total. The molecule has 0 bridgehead atoms. The zero-order valence-corrected chi connectivity index (χ0v) is 25.4. The largest absolute Gasteiger partial charge is 0.357 e. The van der Waals surface area contributed by atoms with Crippen molar-refractivity contribution in [3.05, 3.63) is 137 Å². The second kappa shape index (κ2) is 15.7. The molecule has 0 spiro atoms. The topological polar surface area (TPSA) is 26.9 Å². The summed E-state index contributed by atoms with van der Waals surface area (Å²) in [5.41, 5.74) is 9.85. The molecule has 3 aromatic carbocycles. The van der Waals surface area contributed by atoms with Gasteiger partial charge in [0, 0.05) is 17.8 Å². The SMILES string of the molecule is C/C(=C/Cc1ccccc1)C(=N)c1ccccc1.CC.CC.CC/C=C(C)\C=C1\c2ccccc2[C@]2(C)CN12. The van der Waals surface area contributed by atoms with Gasteiger partial charge in [0.1, 0.15) is 0 Å². The Balaban J connectivity index is 0.000000243. The first-order chi connectivity index (χ1) is 18.9. The van der Waals surface area contributed by atoms with Gasteiger partial charge in [-0.2, -0.15) is 0 Å². The van der Waals surface area contributed by atoms with Crippen molar-refractivity contribution >= 4 is 11.4 Å². The highest BCUT2D eigenvalue weighted by Crippen LogP contribution is 2.56. The molecule has 0 amide bonds. The van der Waals surface area contributed by atoms with Gasteiger partial charge in [-0.25, -0.2) is 0 Å². The zero-order valence-electron chi connectivity index (χ0n) is 25.4. The van der Waals surface area contributed by atoms with Crippen LogP contribution >= 0.6 is 0 Å². The molecule has 39 heavy (non-hydrogen) atoms. The van der Waals surface area contributed by atoms with Crippen molar-refractivity contribution in [3.63, 3.8) is 0 Å². The van der Waals surface area contributed by atoms with Crippen molar-refractivity contribution in [2.75, 3.05) is 6.54 Å². The van der Waals surface area contributed by atoms with E-state index in [1.165, 1.54) is 34.5 Å². The summed E-state index contributed by atoms with van der Waals surface area (Å²) in [5.74, 6) is 0. The highest BCUT2D eigenvalue weighted by Gasteiger charge is 2.56. The normalized spacial score (nSPS) is 17.8. The van der Waals surface area contributed by atoms with Gasteiger partial charge in [-0.1, -0.05) is 137 Å². The van der Waals surface area contributed by atoms with Crippen molar-refractivity contribution in [1.82, 2.24) is 4.90 Å². The standard InChI is InChI=1S/C17H17N.C16H19N.2C2H6/c1-14(12-13-15-8-4-2-5-9-15)17(18)16-10-6-3-7-11-16;1-4-7-12(2)10-15-13-8-5-6-9-14(13)16(3)11-17(15)16;2*1-2/h2-12,18H,13H2,1H3;5-10H,4,11H2,1-3H3;2*1-2H3/b14-12-,18-17?;12-7-,15-10-;;/t;16-,17?;;/m.0../s1. The third-order valence-corrected chi connectivity index (χ3v) is 6.87. The van der Waals surface area contributed by atoms with Crippen molar-refractivity contribution in [2.24, 2.45) is 0 Å². The van der Waals surface area contributed by atoms with Crippen LogP contribution in [0.3, 0.4) is 0 Å². The van der Waals surface area contributed by atoms with Crippen molar-refractivity contribution in [3.8, 4) is 0 Å². The van der Waals surface area contributed by atoms with Crippen LogP contribution in [0.2, 0.25) is 0 Å². The molecule has 0 aliphatic carbocycles. The number of hydrogen-bond donors (Lipinski definition) is 1. The Bertz CT molecular complexity index is 1270. The quantitative estimate of drug-likeness (QED) is 0.254. The van der Waals surface area contributed by atoms with Crippen LogP contribution in [0.5, 0.6) is 0 Å². The molecule has 2 heterocycles. The van der Waals surface area contributed by atoms with Crippen LogP contribution in [0.25, 0.3) is 5.70 Å². The summed E-state index contributed by atoms with van der Waals surface area (Å²) < 4.78 is 0. The van der Waals surface area contributed by atoms with Crippen LogP contribution in [0.1, 0.15) is 84.1 Å². The second-order valence-corrected chi connectivity index (χ2v) is 9.61. The number of nitrogens with zero attached hydrogens (tertiary/aromatic N) is 1. The molecule has 1 N–H and O–H groups in total. The van der Waals surface area contributed by atoms with Crippen LogP contribution < -0.4 is 0 Å². The summed E-state index contributed by atoms with van der Waals surface area (Å²) in [6.45, 7) is 17.9. The lowest BCUT2D eigenvalue weighted by molar-refractivity contribution is 0.608. The fraction of sp³-hybridized carbons (Fsp3) is 0.324. The van der Waals surface area contributed by atoms with E-state index in [1.807, 2.05) is 83.1 Å². The van der Waals surface area contributed by atoms with E-state index in [4.69, 9.17) is 5.41 Å². The van der Waals surface area contributed by atoms with E-state index >= 15 is 0 Å². The highest BCUT2D eigenvalue weighted by atomic mass is 15.4. The molecule has 0 saturated carbocycles. The molecule has 5 rings (SSSR count). The number of fused-ring (bicyclic) bond motifs is 3. The van der Waals surface area contributed by atoms with Gasteiger partial charge < -0.3 is 10.3 Å². The summed E-state index contributed by atoms with van der Waals surface area (Å²) in [5, 5.41) is 8.13. The minimum Gasteiger partial charge on any atom is -0.357 e. The Morgan fingerprint density at radius 1 is 0.821 bits per heavy atom. The summed E-state index contributed by atoms with van der Waals surface area (Å²) >= 11 is 0. The molecule has 2 aliphatic heterocycles. The number of benzene rings is 3. The monoisotopic (exact) mass is 520 g/mol. The van der Waals surface area contributed by atoms with E-state index in [9.17, 15) is 0 Å². The fourth-order valence-corrected chi connectivity index (χ4v) is 4.75. The number of rotatable bonds is 6. The van der Waals surface area contributed by atoms with Gasteiger partial charge in [-0.15, -0.1) is 0 Å². The molecule has 0 radical (unpaired) electrons. The maximum Gasteiger partial charge on any atom is 0.0808 e. The average molecular weight is 521 g/mol. The Hall–Kier alpha value is -3.65. The van der Waals surface area contributed by atoms with Crippen LogP contribution in [-0.2, 0) is 12.0 Å². The zero-order chi connectivity index (χ0) is 28.8. The van der Waals surface area contributed by atoms with Gasteiger partial charge in [0.15, 0.2) is 0 Å². The fourth-order valence-electron chi connectivity index (χ4n) is 4.75. The predicted octanol–water partition coefficient (Wildman–Crippen LogP) is 10.2. The van der Waals surface area contributed by atoms with E-state index in [0.29, 0.717) is 5.71 Å². The molecule has 1 atom stereocenters. The predicted molar refractivity (Wildman–Crippen MR) is 172 cm³/mol. The van der Waals surface area contributed by atoms with Gasteiger partial charge in [0.25, 0.3) is 0 Å². The molecule has 1 fully saturated rings. The van der Waals surface area contributed by atoms with Crippen LogP contribution in [0.4, 0.5) is 0 Å². The first-order valence-corrected chi connectivity index (χ1v) is 14.5. The number of hydrogen-bond acceptors (Lipinski definition) is 2. The molecule has 3 aromatic rings. The van der Waals surface area contributed by atoms with Crippen LogP contribution in [0.15, 0.2) is 114 Å². The number of allylic oxidation sites excluding steroid dienone is 5. The Labute approximate surface area is 238 Å². The van der Waals surface area contributed by atoms with E-state index in [1.54, 1.807) is 0 Å². The van der Waals surface area contributed by atoms with E-state index in [-0.39, 0.29) is 5.54 Å². The van der Waals surface area contributed by atoms with Gasteiger partial charge in [-0.05, 0) is 62.0 Å². The molecule has 206 valence electrons. The third-order valence-electron chi connectivity index (χ3n) is 6.87. The third kappa shape index (κ3) is 8.17. The molecular formula is C37H48N2. The Morgan fingerprint density at radius 3 is 2.00 bits per heavy atom. The van der Waals surface area contributed by atoms with Gasteiger partial charge in [0.2, 0.25) is 0 Å². The van der Waals surface area contributed by atoms with E-state index < -0.39 is 0 Å².